The highest BCUT2D eigenvalue weighted by molar-refractivity contribution is 5.83. The minimum Gasteiger partial charge on any atom is -0.493 e. The molecule has 3 N–H and O–H groups in total. The van der Waals surface area contributed by atoms with Crippen molar-refractivity contribution in [3.05, 3.63) is 17.7 Å². The van der Waals surface area contributed by atoms with Crippen LogP contribution in [0.5, 0.6) is 17.2 Å². The SMILES string of the molecule is COc1cc(/C=N/NC(N)=O)cc2c1OCO2. The number of hydrogen-bond donors (Lipinski definition) is 2. The van der Waals surface area contributed by atoms with Crippen molar-refractivity contribution in [2.24, 2.45) is 10.8 Å². The lowest BCUT2D eigenvalue weighted by Crippen LogP contribution is -2.24. The third-order valence-corrected chi connectivity index (χ3v) is 2.07. The van der Waals surface area contributed by atoms with Crippen molar-refractivity contribution in [2.75, 3.05) is 13.9 Å². The molecule has 1 aliphatic rings. The second-order valence-corrected chi connectivity index (χ2v) is 3.19. The molecule has 1 heterocycles. The molecule has 0 bridgehead atoms. The average molecular weight is 237 g/mol. The summed E-state index contributed by atoms with van der Waals surface area (Å²) in [6, 6.07) is 2.70. The minimum atomic E-state index is -0.728. The van der Waals surface area contributed by atoms with Crippen molar-refractivity contribution in [3.8, 4) is 17.2 Å². The summed E-state index contributed by atoms with van der Waals surface area (Å²) in [6.45, 7) is 0.159. The predicted octanol–water partition coefficient (Wildman–Crippen LogP) is 0.426. The average Bonchev–Trinajstić information content (AvgIpc) is 2.75. The molecule has 0 saturated heterocycles. The van der Waals surface area contributed by atoms with Crippen molar-refractivity contribution in [1.29, 1.82) is 0 Å². The fourth-order valence-electron chi connectivity index (χ4n) is 1.39. The van der Waals surface area contributed by atoms with E-state index in [-0.39, 0.29) is 6.79 Å². The normalized spacial score (nSPS) is 12.8. The lowest BCUT2D eigenvalue weighted by atomic mass is 10.2. The van der Waals surface area contributed by atoms with Gasteiger partial charge in [-0.05, 0) is 12.1 Å². The van der Waals surface area contributed by atoms with Crippen LogP contribution in [-0.4, -0.2) is 26.1 Å². The molecule has 7 heteroatoms. The molecular weight excluding hydrogens is 226 g/mol. The van der Waals surface area contributed by atoms with Crippen LogP contribution in [0, 0.1) is 0 Å². The van der Waals surface area contributed by atoms with Gasteiger partial charge in [0.25, 0.3) is 0 Å². The van der Waals surface area contributed by atoms with E-state index >= 15 is 0 Å². The zero-order valence-corrected chi connectivity index (χ0v) is 9.10. The first kappa shape index (κ1) is 11.1. The van der Waals surface area contributed by atoms with Crippen LogP contribution in [0.2, 0.25) is 0 Å². The number of fused-ring (bicyclic) bond motifs is 1. The summed E-state index contributed by atoms with van der Waals surface area (Å²) in [5, 5.41) is 3.64. The first-order chi connectivity index (χ1) is 8.20. The molecule has 17 heavy (non-hydrogen) atoms. The van der Waals surface area contributed by atoms with E-state index in [0.717, 1.165) is 0 Å². The summed E-state index contributed by atoms with van der Waals surface area (Å²) in [4.78, 5) is 10.4. The summed E-state index contributed by atoms with van der Waals surface area (Å²) >= 11 is 0. The Morgan fingerprint density at radius 3 is 3.12 bits per heavy atom. The van der Waals surface area contributed by atoms with Gasteiger partial charge in [0, 0.05) is 5.56 Å². The summed E-state index contributed by atoms with van der Waals surface area (Å²) in [5.74, 6) is 1.68. The lowest BCUT2D eigenvalue weighted by molar-refractivity contribution is 0.171. The van der Waals surface area contributed by atoms with E-state index < -0.39 is 6.03 Å². The Morgan fingerprint density at radius 2 is 2.41 bits per heavy atom. The number of ether oxygens (including phenoxy) is 3. The maximum absolute atomic E-state index is 10.4. The lowest BCUT2D eigenvalue weighted by Gasteiger charge is -2.05. The number of nitrogens with two attached hydrogens (primary N) is 1. The van der Waals surface area contributed by atoms with E-state index in [1.807, 2.05) is 0 Å². The Hall–Kier alpha value is -2.44. The molecule has 0 unspecified atom stereocenters. The van der Waals surface area contributed by atoms with Gasteiger partial charge in [0.2, 0.25) is 12.5 Å². The molecule has 1 aromatic carbocycles. The monoisotopic (exact) mass is 237 g/mol. The highest BCUT2D eigenvalue weighted by Crippen LogP contribution is 2.41. The summed E-state index contributed by atoms with van der Waals surface area (Å²) in [5.41, 5.74) is 7.66. The third-order valence-electron chi connectivity index (χ3n) is 2.07. The first-order valence-electron chi connectivity index (χ1n) is 4.77. The molecule has 0 aromatic heterocycles. The van der Waals surface area contributed by atoms with Crippen LogP contribution in [0.25, 0.3) is 0 Å². The second-order valence-electron chi connectivity index (χ2n) is 3.19. The molecule has 0 atom stereocenters. The van der Waals surface area contributed by atoms with Crippen LogP contribution in [0.3, 0.4) is 0 Å². The van der Waals surface area contributed by atoms with Gasteiger partial charge in [-0.1, -0.05) is 0 Å². The van der Waals surface area contributed by atoms with Crippen LogP contribution in [0.4, 0.5) is 4.79 Å². The largest absolute Gasteiger partial charge is 0.493 e. The van der Waals surface area contributed by atoms with Crippen molar-refractivity contribution >= 4 is 12.2 Å². The number of carbonyl (C=O) groups excluding carboxylic acids is 1. The van der Waals surface area contributed by atoms with Gasteiger partial charge < -0.3 is 19.9 Å². The van der Waals surface area contributed by atoms with Crippen LogP contribution < -0.4 is 25.4 Å². The van der Waals surface area contributed by atoms with E-state index in [1.54, 1.807) is 12.1 Å². The number of amides is 2. The number of methoxy groups -OCH3 is 1. The second kappa shape index (κ2) is 4.60. The van der Waals surface area contributed by atoms with Crippen LogP contribution in [-0.2, 0) is 0 Å². The Bertz CT molecular complexity index is 473. The van der Waals surface area contributed by atoms with E-state index in [1.165, 1.54) is 13.3 Å². The number of carbonyl (C=O) groups is 1. The van der Waals surface area contributed by atoms with Gasteiger partial charge in [0.15, 0.2) is 11.5 Å². The Labute approximate surface area is 97.1 Å². The standard InChI is InChI=1S/C10H11N3O4/c1-15-7-2-6(4-12-13-10(11)14)3-8-9(7)17-5-16-8/h2-4H,5H2,1H3,(H3,11,13,14)/b12-4+. The van der Waals surface area contributed by atoms with Crippen molar-refractivity contribution in [1.82, 2.24) is 5.43 Å². The van der Waals surface area contributed by atoms with Crippen molar-refractivity contribution < 1.29 is 19.0 Å². The molecule has 1 aliphatic heterocycles. The molecule has 0 radical (unpaired) electrons. The zero-order chi connectivity index (χ0) is 12.3. The van der Waals surface area contributed by atoms with E-state index in [0.29, 0.717) is 22.8 Å². The van der Waals surface area contributed by atoms with Crippen molar-refractivity contribution in [2.45, 2.75) is 0 Å². The molecule has 0 spiro atoms. The number of rotatable bonds is 3. The van der Waals surface area contributed by atoms with Gasteiger partial charge in [-0.3, -0.25) is 0 Å². The molecule has 7 nitrogen and oxygen atoms in total. The fraction of sp³-hybridized carbons (Fsp3) is 0.200. The van der Waals surface area contributed by atoms with Crippen LogP contribution in [0.1, 0.15) is 5.56 Å². The number of urea groups is 1. The van der Waals surface area contributed by atoms with Gasteiger partial charge in [0.1, 0.15) is 0 Å². The molecule has 2 rings (SSSR count). The number of nitrogens with zero attached hydrogens (tertiary/aromatic N) is 1. The third kappa shape index (κ3) is 2.39. The zero-order valence-electron chi connectivity index (χ0n) is 9.10. The number of benzene rings is 1. The highest BCUT2D eigenvalue weighted by Gasteiger charge is 2.19. The van der Waals surface area contributed by atoms with Gasteiger partial charge in [-0.25, -0.2) is 10.2 Å². The van der Waals surface area contributed by atoms with E-state index in [9.17, 15) is 4.79 Å². The van der Waals surface area contributed by atoms with E-state index in [2.05, 4.69) is 10.5 Å². The van der Waals surface area contributed by atoms with Gasteiger partial charge >= 0.3 is 6.03 Å². The fourth-order valence-corrected chi connectivity index (χ4v) is 1.39. The van der Waals surface area contributed by atoms with Crippen LogP contribution >= 0.6 is 0 Å². The maximum Gasteiger partial charge on any atom is 0.332 e. The number of hydrogen-bond acceptors (Lipinski definition) is 5. The summed E-state index contributed by atoms with van der Waals surface area (Å²) in [6.07, 6.45) is 1.43. The Morgan fingerprint density at radius 1 is 1.59 bits per heavy atom. The molecule has 90 valence electrons. The Balaban J connectivity index is 2.24. The molecular formula is C10H11N3O4. The number of hydrazone groups is 1. The molecule has 0 fully saturated rings. The topological polar surface area (TPSA) is 95.2 Å². The molecule has 0 aliphatic carbocycles. The maximum atomic E-state index is 10.4. The molecule has 0 saturated carbocycles. The number of nitrogens with one attached hydrogen (secondary N) is 1. The van der Waals surface area contributed by atoms with Gasteiger partial charge in [-0.2, -0.15) is 5.10 Å². The predicted molar refractivity (Wildman–Crippen MR) is 59.4 cm³/mol. The summed E-state index contributed by atoms with van der Waals surface area (Å²) < 4.78 is 15.6. The first-order valence-corrected chi connectivity index (χ1v) is 4.77. The van der Waals surface area contributed by atoms with E-state index in [4.69, 9.17) is 19.9 Å². The summed E-state index contributed by atoms with van der Waals surface area (Å²) in [7, 11) is 1.53. The Kier molecular flexibility index (Phi) is 2.99. The quantitative estimate of drug-likeness (QED) is 0.588. The number of primary amides is 1. The smallest absolute Gasteiger partial charge is 0.332 e. The van der Waals surface area contributed by atoms with Gasteiger partial charge in [0.05, 0.1) is 13.3 Å². The molecule has 2 amide bonds. The minimum absolute atomic E-state index is 0.159. The highest BCUT2D eigenvalue weighted by atomic mass is 16.7. The van der Waals surface area contributed by atoms with Crippen LogP contribution in [0.15, 0.2) is 17.2 Å². The molecule has 1 aromatic rings. The van der Waals surface area contributed by atoms with Gasteiger partial charge in [-0.15, -0.1) is 0 Å². The van der Waals surface area contributed by atoms with Crippen molar-refractivity contribution in [3.63, 3.8) is 0 Å².